The Labute approximate surface area is 151 Å². The topological polar surface area (TPSA) is 94.6 Å². The molecule has 9 heteroatoms. The van der Waals surface area contributed by atoms with Gasteiger partial charge in [0.2, 0.25) is 0 Å². The summed E-state index contributed by atoms with van der Waals surface area (Å²) < 4.78 is 34.7. The predicted octanol–water partition coefficient (Wildman–Crippen LogP) is 4.71. The van der Waals surface area contributed by atoms with Gasteiger partial charge in [0.15, 0.2) is 5.76 Å². The number of hydrogen-bond acceptors (Lipinski definition) is 5. The van der Waals surface area contributed by atoms with Crippen LogP contribution in [0.2, 0.25) is 0 Å². The Morgan fingerprint density at radius 3 is 2.44 bits per heavy atom. The summed E-state index contributed by atoms with van der Waals surface area (Å²) in [4.78, 5) is 22.5. The van der Waals surface area contributed by atoms with Gasteiger partial charge < -0.3 is 14.5 Å². The highest BCUT2D eigenvalue weighted by molar-refractivity contribution is 6.03. The molecule has 27 heavy (non-hydrogen) atoms. The number of carbonyl (C=O) groups excluding carboxylic acids is 1. The van der Waals surface area contributed by atoms with Crippen molar-refractivity contribution in [2.24, 2.45) is 0 Å². The maximum Gasteiger partial charge on any atom is 0.387 e. The first kappa shape index (κ1) is 18.1. The predicted molar refractivity (Wildman–Crippen MR) is 91.8 cm³/mol. The molecule has 1 aromatic heterocycles. The minimum Gasteiger partial charge on any atom is -0.451 e. The molecule has 1 heterocycles. The Kier molecular flexibility index (Phi) is 5.11. The third-order valence-corrected chi connectivity index (χ3v) is 3.54. The van der Waals surface area contributed by atoms with Gasteiger partial charge in [0.1, 0.15) is 11.5 Å². The Morgan fingerprint density at radius 1 is 1.07 bits per heavy atom. The number of carbonyl (C=O) groups is 1. The molecule has 7 nitrogen and oxygen atoms in total. The number of benzene rings is 2. The highest BCUT2D eigenvalue weighted by Crippen LogP contribution is 2.28. The molecule has 0 radical (unpaired) electrons. The van der Waals surface area contributed by atoms with Crippen molar-refractivity contribution >= 4 is 17.3 Å². The molecule has 0 aliphatic heterocycles. The number of anilines is 1. The lowest BCUT2D eigenvalue weighted by Crippen LogP contribution is -2.13. The number of nitro benzene ring substituents is 1. The van der Waals surface area contributed by atoms with Crippen molar-refractivity contribution in [2.45, 2.75) is 6.61 Å². The summed E-state index contributed by atoms with van der Waals surface area (Å²) in [5.74, 6) is -0.571. The van der Waals surface area contributed by atoms with Gasteiger partial charge in [-0.1, -0.05) is 12.1 Å². The second kappa shape index (κ2) is 7.65. The minimum atomic E-state index is -3.03. The summed E-state index contributed by atoms with van der Waals surface area (Å²) in [6, 6.07) is 14.3. The monoisotopic (exact) mass is 374 g/mol. The van der Waals surface area contributed by atoms with Gasteiger partial charge in [-0.3, -0.25) is 14.9 Å². The third-order valence-electron chi connectivity index (χ3n) is 3.54. The summed E-state index contributed by atoms with van der Waals surface area (Å²) in [6.07, 6.45) is 0. The molecule has 0 aliphatic carbocycles. The number of alkyl halides is 2. The molecule has 0 saturated heterocycles. The summed E-state index contributed by atoms with van der Waals surface area (Å²) in [6.45, 7) is -3.03. The number of nitrogens with zero attached hydrogens (tertiary/aromatic N) is 1. The SMILES string of the molecule is O=C(Nc1ccccc1OC(F)F)c1ccc(-c2ccc([N+](=O)[O-])cc2)o1. The molecule has 3 rings (SSSR count). The van der Waals surface area contributed by atoms with Gasteiger partial charge in [-0.2, -0.15) is 8.78 Å². The van der Waals surface area contributed by atoms with Crippen LogP contribution in [-0.2, 0) is 0 Å². The lowest BCUT2D eigenvalue weighted by Gasteiger charge is -2.10. The van der Waals surface area contributed by atoms with Gasteiger partial charge in [0.05, 0.1) is 10.6 Å². The van der Waals surface area contributed by atoms with E-state index in [4.69, 9.17) is 4.42 Å². The van der Waals surface area contributed by atoms with Crippen molar-refractivity contribution in [2.75, 3.05) is 5.32 Å². The number of nitrogens with one attached hydrogen (secondary N) is 1. The van der Waals surface area contributed by atoms with E-state index in [1.165, 1.54) is 54.6 Å². The fourth-order valence-electron chi connectivity index (χ4n) is 2.32. The first-order chi connectivity index (χ1) is 12.9. The average Bonchev–Trinajstić information content (AvgIpc) is 3.13. The van der Waals surface area contributed by atoms with Gasteiger partial charge in [-0.05, 0) is 36.4 Å². The summed E-state index contributed by atoms with van der Waals surface area (Å²) >= 11 is 0. The molecule has 0 unspecified atom stereocenters. The van der Waals surface area contributed by atoms with E-state index in [9.17, 15) is 23.7 Å². The van der Waals surface area contributed by atoms with Crippen LogP contribution in [0.4, 0.5) is 20.2 Å². The molecule has 0 aliphatic rings. The van der Waals surface area contributed by atoms with Gasteiger partial charge in [0, 0.05) is 17.7 Å². The maximum atomic E-state index is 12.4. The molecular weight excluding hydrogens is 362 g/mol. The van der Waals surface area contributed by atoms with Gasteiger partial charge in [-0.15, -0.1) is 0 Å². The molecule has 1 N–H and O–H groups in total. The molecule has 0 spiro atoms. The standard InChI is InChI=1S/C18H12F2N2O5/c19-18(20)27-15-4-2-1-3-13(15)21-17(23)16-10-9-14(26-16)11-5-7-12(8-6-11)22(24)25/h1-10,18H,(H,21,23). The summed E-state index contributed by atoms with van der Waals surface area (Å²) in [7, 11) is 0. The largest absolute Gasteiger partial charge is 0.451 e. The van der Waals surface area contributed by atoms with Crippen molar-refractivity contribution in [3.8, 4) is 17.1 Å². The quantitative estimate of drug-likeness (QED) is 0.498. The van der Waals surface area contributed by atoms with Crippen LogP contribution in [0.25, 0.3) is 11.3 Å². The highest BCUT2D eigenvalue weighted by Gasteiger charge is 2.16. The molecule has 0 fully saturated rings. The van der Waals surface area contributed by atoms with E-state index in [0.717, 1.165) is 0 Å². The number of halogens is 2. The maximum absolute atomic E-state index is 12.4. The molecule has 0 saturated carbocycles. The van der Waals surface area contributed by atoms with Crippen LogP contribution < -0.4 is 10.1 Å². The van der Waals surface area contributed by atoms with Crippen LogP contribution in [0.5, 0.6) is 5.75 Å². The Morgan fingerprint density at radius 2 is 1.78 bits per heavy atom. The van der Waals surface area contributed by atoms with Crippen molar-refractivity contribution in [1.29, 1.82) is 0 Å². The fourth-order valence-corrected chi connectivity index (χ4v) is 2.32. The number of ether oxygens (including phenoxy) is 1. The van der Waals surface area contributed by atoms with Crippen LogP contribution in [-0.4, -0.2) is 17.4 Å². The smallest absolute Gasteiger partial charge is 0.387 e. The zero-order valence-corrected chi connectivity index (χ0v) is 13.6. The number of rotatable bonds is 6. The van der Waals surface area contributed by atoms with Crippen LogP contribution in [0.15, 0.2) is 65.1 Å². The van der Waals surface area contributed by atoms with E-state index in [0.29, 0.717) is 11.3 Å². The number of amides is 1. The Hall–Kier alpha value is -3.75. The summed E-state index contributed by atoms with van der Waals surface area (Å²) in [5, 5.41) is 13.1. The van der Waals surface area contributed by atoms with Crippen molar-refractivity contribution < 1.29 is 27.7 Å². The van der Waals surface area contributed by atoms with Gasteiger partial charge in [0.25, 0.3) is 11.6 Å². The Bertz CT molecular complexity index is 970. The molecule has 138 valence electrons. The second-order valence-corrected chi connectivity index (χ2v) is 5.30. The van der Waals surface area contributed by atoms with Crippen LogP contribution >= 0.6 is 0 Å². The average molecular weight is 374 g/mol. The number of furan rings is 1. The highest BCUT2D eigenvalue weighted by atomic mass is 19.3. The first-order valence-electron chi connectivity index (χ1n) is 7.64. The van der Waals surface area contributed by atoms with E-state index in [-0.39, 0.29) is 22.9 Å². The Balaban J connectivity index is 1.77. The van der Waals surface area contributed by atoms with Crippen molar-refractivity contribution in [1.82, 2.24) is 0 Å². The molecule has 2 aromatic carbocycles. The molecule has 1 amide bonds. The molecule has 0 bridgehead atoms. The number of non-ortho nitro benzene ring substituents is 1. The summed E-state index contributed by atoms with van der Waals surface area (Å²) in [5.41, 5.74) is 0.538. The number of hydrogen-bond donors (Lipinski definition) is 1. The zero-order chi connectivity index (χ0) is 19.4. The minimum absolute atomic E-state index is 0.0600. The van der Waals surface area contributed by atoms with E-state index in [2.05, 4.69) is 10.1 Å². The lowest BCUT2D eigenvalue weighted by atomic mass is 10.1. The normalized spacial score (nSPS) is 10.6. The van der Waals surface area contributed by atoms with Gasteiger partial charge >= 0.3 is 6.61 Å². The van der Waals surface area contributed by atoms with E-state index >= 15 is 0 Å². The van der Waals surface area contributed by atoms with E-state index in [1.54, 1.807) is 6.07 Å². The van der Waals surface area contributed by atoms with Crippen LogP contribution in [0, 0.1) is 10.1 Å². The molecular formula is C18H12F2N2O5. The molecule has 0 atom stereocenters. The number of nitro groups is 1. The van der Waals surface area contributed by atoms with E-state index in [1.807, 2.05) is 0 Å². The fraction of sp³-hybridized carbons (Fsp3) is 0.0556. The van der Waals surface area contributed by atoms with E-state index < -0.39 is 17.4 Å². The van der Waals surface area contributed by atoms with Gasteiger partial charge in [-0.25, -0.2) is 0 Å². The lowest BCUT2D eigenvalue weighted by molar-refractivity contribution is -0.384. The number of para-hydroxylation sites is 2. The van der Waals surface area contributed by atoms with Crippen molar-refractivity contribution in [3.05, 3.63) is 76.5 Å². The third kappa shape index (κ3) is 4.27. The zero-order valence-electron chi connectivity index (χ0n) is 13.6. The first-order valence-corrected chi connectivity index (χ1v) is 7.64. The molecule has 3 aromatic rings. The van der Waals surface area contributed by atoms with Crippen LogP contribution in [0.1, 0.15) is 10.6 Å². The second-order valence-electron chi connectivity index (χ2n) is 5.30. The van der Waals surface area contributed by atoms with Crippen LogP contribution in [0.3, 0.4) is 0 Å². The van der Waals surface area contributed by atoms with Crippen molar-refractivity contribution in [3.63, 3.8) is 0 Å².